The fourth-order valence-electron chi connectivity index (χ4n) is 2.12. The Bertz CT molecular complexity index is 1100. The molecule has 0 bridgehead atoms. The number of primary sulfonamides is 1. The first-order chi connectivity index (χ1) is 11.4. The summed E-state index contributed by atoms with van der Waals surface area (Å²) in [5.74, 6) is -0.230. The lowest BCUT2D eigenvalue weighted by molar-refractivity contribution is 0.466. The quantitative estimate of drug-likeness (QED) is 0.555. The molecule has 0 radical (unpaired) electrons. The van der Waals surface area contributed by atoms with Crippen molar-refractivity contribution in [3.8, 4) is 5.75 Å². The summed E-state index contributed by atoms with van der Waals surface area (Å²) in [7, 11) is -3.78. The predicted molar refractivity (Wildman–Crippen MR) is 89.2 cm³/mol. The van der Waals surface area contributed by atoms with Gasteiger partial charge in [0.2, 0.25) is 10.0 Å². The van der Waals surface area contributed by atoms with E-state index in [1.165, 1.54) is 30.5 Å². The topological polar surface area (TPSA) is 123 Å². The van der Waals surface area contributed by atoms with Gasteiger partial charge in [0.25, 0.3) is 0 Å². The summed E-state index contributed by atoms with van der Waals surface area (Å²) >= 11 is 0. The molecular weight excluding hydrogens is 332 g/mol. The van der Waals surface area contributed by atoms with E-state index in [1.807, 2.05) is 0 Å². The van der Waals surface area contributed by atoms with Crippen LogP contribution in [0.15, 0.2) is 67.6 Å². The lowest BCUT2D eigenvalue weighted by Gasteiger charge is -2.02. The van der Waals surface area contributed by atoms with Crippen molar-refractivity contribution in [2.45, 2.75) is 4.90 Å². The standard InChI is InChI=1S/C16H12N2O5S/c17-24(21,22)11-7-5-10(6-8-11)18-9-13-15(19)12-3-1-2-4-14(12)23-16(13)20/h1-9,19H,(H2,17,21,22). The van der Waals surface area contributed by atoms with Gasteiger partial charge in [0, 0.05) is 6.21 Å². The van der Waals surface area contributed by atoms with Gasteiger partial charge in [-0.1, -0.05) is 12.1 Å². The number of nitrogens with zero attached hydrogens (tertiary/aromatic N) is 1. The van der Waals surface area contributed by atoms with E-state index in [1.54, 1.807) is 24.3 Å². The van der Waals surface area contributed by atoms with E-state index < -0.39 is 15.6 Å². The van der Waals surface area contributed by atoms with Gasteiger partial charge in [-0.05, 0) is 36.4 Å². The monoisotopic (exact) mass is 344 g/mol. The highest BCUT2D eigenvalue weighted by Crippen LogP contribution is 2.25. The first-order valence-electron chi connectivity index (χ1n) is 6.78. The van der Waals surface area contributed by atoms with E-state index in [4.69, 9.17) is 9.56 Å². The molecule has 7 nitrogen and oxygen atoms in total. The van der Waals surface area contributed by atoms with Crippen molar-refractivity contribution in [2.75, 3.05) is 0 Å². The number of rotatable bonds is 3. The maximum Gasteiger partial charge on any atom is 0.348 e. The number of aromatic hydroxyl groups is 1. The zero-order valence-electron chi connectivity index (χ0n) is 12.2. The Morgan fingerprint density at radius 2 is 1.75 bits per heavy atom. The number of nitrogens with two attached hydrogens (primary N) is 1. The minimum Gasteiger partial charge on any atom is -0.506 e. The number of fused-ring (bicyclic) bond motifs is 1. The van der Waals surface area contributed by atoms with Crippen LogP contribution in [0.3, 0.4) is 0 Å². The SMILES string of the molecule is NS(=O)(=O)c1ccc(N=Cc2c(O)c3ccccc3oc2=O)cc1. The van der Waals surface area contributed by atoms with Gasteiger partial charge in [0.1, 0.15) is 16.9 Å². The Kier molecular flexibility index (Phi) is 3.92. The molecule has 2 aromatic carbocycles. The van der Waals surface area contributed by atoms with Crippen LogP contribution >= 0.6 is 0 Å². The molecule has 3 N–H and O–H groups in total. The van der Waals surface area contributed by atoms with Crippen molar-refractivity contribution in [3.63, 3.8) is 0 Å². The zero-order chi connectivity index (χ0) is 17.3. The van der Waals surface area contributed by atoms with Crippen LogP contribution in [-0.2, 0) is 10.0 Å². The zero-order valence-corrected chi connectivity index (χ0v) is 13.0. The van der Waals surface area contributed by atoms with Gasteiger partial charge in [-0.15, -0.1) is 0 Å². The third kappa shape index (κ3) is 3.05. The van der Waals surface area contributed by atoms with Gasteiger partial charge in [-0.3, -0.25) is 4.99 Å². The predicted octanol–water partition coefficient (Wildman–Crippen LogP) is 1.90. The normalized spacial score (nSPS) is 12.0. The smallest absolute Gasteiger partial charge is 0.348 e. The van der Waals surface area contributed by atoms with Gasteiger partial charge in [-0.25, -0.2) is 18.4 Å². The molecule has 122 valence electrons. The molecule has 0 aliphatic rings. The van der Waals surface area contributed by atoms with E-state index >= 15 is 0 Å². The summed E-state index contributed by atoms with van der Waals surface area (Å²) in [6, 6.07) is 12.0. The molecule has 0 atom stereocenters. The molecule has 3 aromatic rings. The van der Waals surface area contributed by atoms with Gasteiger partial charge >= 0.3 is 5.63 Å². The van der Waals surface area contributed by atoms with E-state index in [0.29, 0.717) is 11.1 Å². The Morgan fingerprint density at radius 3 is 2.42 bits per heavy atom. The highest BCUT2D eigenvalue weighted by atomic mass is 32.2. The van der Waals surface area contributed by atoms with Gasteiger partial charge in [0.15, 0.2) is 0 Å². The Hall–Kier alpha value is -2.97. The summed E-state index contributed by atoms with van der Waals surface area (Å²) < 4.78 is 27.5. The Morgan fingerprint density at radius 1 is 1.08 bits per heavy atom. The molecule has 0 aliphatic carbocycles. The van der Waals surface area contributed by atoms with Crippen molar-refractivity contribution in [1.29, 1.82) is 0 Å². The van der Waals surface area contributed by atoms with Crippen molar-refractivity contribution in [1.82, 2.24) is 0 Å². The first-order valence-corrected chi connectivity index (χ1v) is 8.32. The fourth-order valence-corrected chi connectivity index (χ4v) is 2.64. The van der Waals surface area contributed by atoms with Crippen molar-refractivity contribution in [3.05, 3.63) is 64.5 Å². The Labute approximate surface area is 136 Å². The number of hydrogen-bond donors (Lipinski definition) is 2. The molecule has 1 aromatic heterocycles. The summed E-state index contributed by atoms with van der Waals surface area (Å²) in [6.45, 7) is 0. The summed E-state index contributed by atoms with van der Waals surface area (Å²) in [6.07, 6.45) is 1.17. The summed E-state index contributed by atoms with van der Waals surface area (Å²) in [5.41, 5.74) is -0.163. The second-order valence-electron chi connectivity index (χ2n) is 4.95. The van der Waals surface area contributed by atoms with Gasteiger partial charge in [-0.2, -0.15) is 0 Å². The average molecular weight is 344 g/mol. The van der Waals surface area contributed by atoms with Gasteiger partial charge < -0.3 is 9.52 Å². The van der Waals surface area contributed by atoms with E-state index in [2.05, 4.69) is 4.99 Å². The van der Waals surface area contributed by atoms with Crippen molar-refractivity contribution in [2.24, 2.45) is 10.1 Å². The molecule has 8 heteroatoms. The number of benzene rings is 2. The molecule has 1 heterocycles. The second-order valence-corrected chi connectivity index (χ2v) is 6.51. The van der Waals surface area contributed by atoms with Crippen LogP contribution in [-0.4, -0.2) is 19.7 Å². The molecular formula is C16H12N2O5S. The van der Waals surface area contributed by atoms with E-state index in [-0.39, 0.29) is 21.8 Å². The number of para-hydroxylation sites is 1. The van der Waals surface area contributed by atoms with Crippen molar-refractivity contribution >= 4 is 32.9 Å². The maximum absolute atomic E-state index is 11.9. The van der Waals surface area contributed by atoms with Crippen molar-refractivity contribution < 1.29 is 17.9 Å². The van der Waals surface area contributed by atoms with E-state index in [0.717, 1.165) is 0 Å². The minimum absolute atomic E-state index is 0.0467. The molecule has 0 saturated heterocycles. The van der Waals surface area contributed by atoms with Crippen LogP contribution in [0.4, 0.5) is 5.69 Å². The Balaban J connectivity index is 2.00. The van der Waals surface area contributed by atoms with Crippen LogP contribution < -0.4 is 10.8 Å². The fraction of sp³-hybridized carbons (Fsp3) is 0. The third-order valence-corrected chi connectivity index (χ3v) is 4.26. The molecule has 0 unspecified atom stereocenters. The summed E-state index contributed by atoms with van der Waals surface area (Å²) in [5, 5.41) is 15.6. The lowest BCUT2D eigenvalue weighted by Crippen LogP contribution is -2.11. The minimum atomic E-state index is -3.78. The van der Waals surface area contributed by atoms with Crippen LogP contribution in [0.5, 0.6) is 5.75 Å². The highest BCUT2D eigenvalue weighted by Gasteiger charge is 2.12. The van der Waals surface area contributed by atoms with Crippen LogP contribution in [0.25, 0.3) is 11.0 Å². The van der Waals surface area contributed by atoms with E-state index in [9.17, 15) is 18.3 Å². The molecule has 24 heavy (non-hydrogen) atoms. The first kappa shape index (κ1) is 15.9. The van der Waals surface area contributed by atoms with Crippen LogP contribution in [0, 0.1) is 0 Å². The molecule has 0 fully saturated rings. The van der Waals surface area contributed by atoms with Crippen LogP contribution in [0.1, 0.15) is 5.56 Å². The number of hydrogen-bond acceptors (Lipinski definition) is 6. The van der Waals surface area contributed by atoms with Crippen LogP contribution in [0.2, 0.25) is 0 Å². The highest BCUT2D eigenvalue weighted by molar-refractivity contribution is 7.89. The lowest BCUT2D eigenvalue weighted by atomic mass is 10.1. The molecule has 0 saturated carbocycles. The molecule has 3 rings (SSSR count). The molecule has 0 amide bonds. The number of aliphatic imine (C=N–C) groups is 1. The number of sulfonamides is 1. The summed E-state index contributed by atoms with van der Waals surface area (Å²) in [4.78, 5) is 15.9. The van der Waals surface area contributed by atoms with Gasteiger partial charge in [0.05, 0.1) is 16.0 Å². The molecule has 0 aliphatic heterocycles. The largest absolute Gasteiger partial charge is 0.506 e. The maximum atomic E-state index is 11.9. The second kappa shape index (κ2) is 5.91. The average Bonchev–Trinajstić information content (AvgIpc) is 2.54. The third-order valence-electron chi connectivity index (χ3n) is 3.33. The molecule has 0 spiro atoms.